The first-order valence-electron chi connectivity index (χ1n) is 2.14. The number of halogens is 1. The molecule has 0 aromatic heterocycles. The smallest absolute Gasteiger partial charge is 0.0987 e. The highest BCUT2D eigenvalue weighted by atomic mass is 127. The van der Waals surface area contributed by atoms with Gasteiger partial charge in [0.25, 0.3) is 0 Å². The summed E-state index contributed by atoms with van der Waals surface area (Å²) in [5.74, 6) is 0. The molecule has 0 N–H and O–H groups in total. The zero-order valence-electron chi connectivity index (χ0n) is 4.36. The van der Waals surface area contributed by atoms with Crippen molar-refractivity contribution in [2.45, 2.75) is 10.8 Å². The van der Waals surface area contributed by atoms with Crippen molar-refractivity contribution in [3.05, 3.63) is 12.8 Å². The van der Waals surface area contributed by atoms with Crippen LogP contribution in [0.2, 0.25) is 0 Å². The molecule has 0 fully saturated rings. The third kappa shape index (κ3) is 6.27. The van der Waals surface area contributed by atoms with Gasteiger partial charge in [0.05, 0.1) is 12.9 Å². The van der Waals surface area contributed by atoms with E-state index in [2.05, 4.69) is 36.1 Å². The lowest BCUT2D eigenvalue weighted by Crippen LogP contribution is -1.98. The van der Waals surface area contributed by atoms with Gasteiger partial charge in [-0.2, -0.15) is 0 Å². The zero-order chi connectivity index (χ0) is 5.70. The van der Waals surface area contributed by atoms with Crippen LogP contribution >= 0.6 is 22.6 Å². The van der Waals surface area contributed by atoms with Crippen molar-refractivity contribution in [3.8, 4) is 0 Å². The lowest BCUT2D eigenvalue weighted by Gasteiger charge is -1.99. The fourth-order valence-corrected chi connectivity index (χ4v) is 0.408. The Kier molecular flexibility index (Phi) is 4.60. The maximum Gasteiger partial charge on any atom is 0.0987 e. The number of ether oxygens (including phenoxy) is 1. The van der Waals surface area contributed by atoms with E-state index in [1.165, 1.54) is 6.26 Å². The first-order valence-corrected chi connectivity index (χ1v) is 3.38. The van der Waals surface area contributed by atoms with E-state index in [-0.39, 0.29) is 0 Å². The molecular weight excluding hydrogens is 203 g/mol. The third-order valence-corrected chi connectivity index (χ3v) is 0.803. The standard InChI is InChI=1S/C5H9IO/c1-3-7-4-5(2)6/h3,5H,1,4H2,2H3. The van der Waals surface area contributed by atoms with Crippen molar-refractivity contribution < 1.29 is 4.74 Å². The molecule has 2 heteroatoms. The van der Waals surface area contributed by atoms with Gasteiger partial charge in [0.2, 0.25) is 0 Å². The van der Waals surface area contributed by atoms with Crippen molar-refractivity contribution in [2.24, 2.45) is 0 Å². The molecule has 0 radical (unpaired) electrons. The van der Waals surface area contributed by atoms with E-state index in [1.807, 2.05) is 0 Å². The summed E-state index contributed by atoms with van der Waals surface area (Å²) in [5.41, 5.74) is 0. The number of hydrogen-bond acceptors (Lipinski definition) is 1. The molecule has 0 heterocycles. The molecule has 0 saturated heterocycles. The second kappa shape index (κ2) is 4.43. The third-order valence-electron chi connectivity index (χ3n) is 0.444. The van der Waals surface area contributed by atoms with Gasteiger partial charge < -0.3 is 4.74 Å². The Bertz CT molecular complexity index is 52.0. The highest BCUT2D eigenvalue weighted by Gasteiger charge is 1.89. The van der Waals surface area contributed by atoms with Gasteiger partial charge in [-0.3, -0.25) is 0 Å². The summed E-state index contributed by atoms with van der Waals surface area (Å²) in [5, 5.41) is 0. The molecule has 0 aliphatic heterocycles. The van der Waals surface area contributed by atoms with Crippen molar-refractivity contribution >= 4 is 22.6 Å². The number of alkyl halides is 1. The van der Waals surface area contributed by atoms with E-state index in [4.69, 9.17) is 4.74 Å². The molecule has 0 amide bonds. The molecule has 1 nitrogen and oxygen atoms in total. The van der Waals surface area contributed by atoms with Crippen LogP contribution in [0.4, 0.5) is 0 Å². The molecular formula is C5H9IO. The second-order valence-corrected chi connectivity index (χ2v) is 3.41. The SMILES string of the molecule is C=COCC(C)I. The molecule has 7 heavy (non-hydrogen) atoms. The predicted molar refractivity (Wildman–Crippen MR) is 39.6 cm³/mol. The van der Waals surface area contributed by atoms with Gasteiger partial charge in [-0.25, -0.2) is 0 Å². The topological polar surface area (TPSA) is 9.23 Å². The Hall–Kier alpha value is 0.270. The van der Waals surface area contributed by atoms with E-state index >= 15 is 0 Å². The molecule has 0 aliphatic carbocycles. The highest BCUT2D eigenvalue weighted by Crippen LogP contribution is 1.97. The number of hydrogen-bond donors (Lipinski definition) is 0. The molecule has 0 saturated carbocycles. The molecule has 0 bridgehead atoms. The summed E-state index contributed by atoms with van der Waals surface area (Å²) < 4.78 is 5.43. The fraction of sp³-hybridized carbons (Fsp3) is 0.600. The lowest BCUT2D eigenvalue weighted by atomic mass is 10.5. The summed E-state index contributed by atoms with van der Waals surface area (Å²) in [6, 6.07) is 0. The van der Waals surface area contributed by atoms with Crippen molar-refractivity contribution in [1.82, 2.24) is 0 Å². The van der Waals surface area contributed by atoms with Crippen LogP contribution in [0.3, 0.4) is 0 Å². The second-order valence-electron chi connectivity index (χ2n) is 1.28. The van der Waals surface area contributed by atoms with Crippen molar-refractivity contribution in [1.29, 1.82) is 0 Å². The van der Waals surface area contributed by atoms with Crippen LogP contribution in [0.1, 0.15) is 6.92 Å². The minimum Gasteiger partial charge on any atom is -0.501 e. The van der Waals surface area contributed by atoms with Gasteiger partial charge in [-0.1, -0.05) is 36.1 Å². The van der Waals surface area contributed by atoms with E-state index in [1.54, 1.807) is 0 Å². The Morgan fingerprint density at radius 3 is 2.71 bits per heavy atom. The first-order chi connectivity index (χ1) is 3.27. The minimum absolute atomic E-state index is 0.579. The van der Waals surface area contributed by atoms with Crippen LogP contribution in [0.15, 0.2) is 12.8 Å². The van der Waals surface area contributed by atoms with Crippen LogP contribution in [-0.4, -0.2) is 10.5 Å². The van der Waals surface area contributed by atoms with Crippen molar-refractivity contribution in [2.75, 3.05) is 6.61 Å². The molecule has 0 rings (SSSR count). The van der Waals surface area contributed by atoms with Gasteiger partial charge in [0.1, 0.15) is 0 Å². The quantitative estimate of drug-likeness (QED) is 0.394. The molecule has 1 atom stereocenters. The average molecular weight is 212 g/mol. The summed E-state index contributed by atoms with van der Waals surface area (Å²) in [6.07, 6.45) is 1.47. The first kappa shape index (κ1) is 7.27. The van der Waals surface area contributed by atoms with Gasteiger partial charge in [-0.05, 0) is 0 Å². The van der Waals surface area contributed by atoms with Crippen LogP contribution in [0, 0.1) is 0 Å². The molecule has 0 aromatic carbocycles. The molecule has 1 unspecified atom stereocenters. The van der Waals surface area contributed by atoms with E-state index in [0.717, 1.165) is 6.61 Å². The average Bonchev–Trinajstić information content (AvgIpc) is 1.61. The molecule has 0 aromatic rings. The van der Waals surface area contributed by atoms with E-state index < -0.39 is 0 Å². The fourth-order valence-electron chi connectivity index (χ4n) is 0.201. The Morgan fingerprint density at radius 1 is 2.00 bits per heavy atom. The normalized spacial score (nSPS) is 12.9. The Balaban J connectivity index is 2.81. The van der Waals surface area contributed by atoms with E-state index in [9.17, 15) is 0 Å². The lowest BCUT2D eigenvalue weighted by molar-refractivity contribution is 0.259. The van der Waals surface area contributed by atoms with Crippen LogP contribution < -0.4 is 0 Å². The molecule has 0 spiro atoms. The van der Waals surface area contributed by atoms with Crippen LogP contribution in [0.5, 0.6) is 0 Å². The van der Waals surface area contributed by atoms with E-state index in [0.29, 0.717) is 3.92 Å². The summed E-state index contributed by atoms with van der Waals surface area (Å²) in [7, 11) is 0. The van der Waals surface area contributed by atoms with Crippen molar-refractivity contribution in [3.63, 3.8) is 0 Å². The molecule has 42 valence electrons. The van der Waals surface area contributed by atoms with Gasteiger partial charge in [-0.15, -0.1) is 0 Å². The predicted octanol–water partition coefficient (Wildman–Crippen LogP) is 1.97. The number of rotatable bonds is 3. The van der Waals surface area contributed by atoms with Crippen LogP contribution in [0.25, 0.3) is 0 Å². The summed E-state index contributed by atoms with van der Waals surface area (Å²) in [4.78, 5) is 0. The Morgan fingerprint density at radius 2 is 2.57 bits per heavy atom. The largest absolute Gasteiger partial charge is 0.501 e. The van der Waals surface area contributed by atoms with Gasteiger partial charge in [0.15, 0.2) is 0 Å². The maximum absolute atomic E-state index is 4.85. The summed E-state index contributed by atoms with van der Waals surface area (Å²) >= 11 is 2.29. The zero-order valence-corrected chi connectivity index (χ0v) is 6.51. The van der Waals surface area contributed by atoms with Gasteiger partial charge >= 0.3 is 0 Å². The highest BCUT2D eigenvalue weighted by molar-refractivity contribution is 14.1. The maximum atomic E-state index is 4.85. The molecule has 0 aliphatic rings. The summed E-state index contributed by atoms with van der Waals surface area (Å²) in [6.45, 7) is 6.26. The van der Waals surface area contributed by atoms with Crippen LogP contribution in [-0.2, 0) is 4.74 Å². The Labute approximate surface area is 57.9 Å². The minimum atomic E-state index is 0.579. The monoisotopic (exact) mass is 212 g/mol. The van der Waals surface area contributed by atoms with Gasteiger partial charge in [0, 0.05) is 3.92 Å².